The predicted octanol–water partition coefficient (Wildman–Crippen LogP) is 2.16. The Morgan fingerprint density at radius 1 is 1.25 bits per heavy atom. The highest BCUT2D eigenvalue weighted by atomic mass is 19.1. The Labute approximate surface area is 70.9 Å². The molecule has 1 aromatic carbocycles. The Hall–Kier alpha value is -1.31. The summed E-state index contributed by atoms with van der Waals surface area (Å²) in [5.41, 5.74) is 1.79. The van der Waals surface area contributed by atoms with E-state index in [-0.39, 0.29) is 5.82 Å². The van der Waals surface area contributed by atoms with Crippen molar-refractivity contribution in [3.05, 3.63) is 41.8 Å². The summed E-state index contributed by atoms with van der Waals surface area (Å²) in [6.45, 7) is 0.920. The molecule has 62 valence electrons. The second-order valence-electron chi connectivity index (χ2n) is 2.85. The van der Waals surface area contributed by atoms with Gasteiger partial charge in [0.2, 0.25) is 0 Å². The highest BCUT2D eigenvalue weighted by Crippen LogP contribution is 2.22. The minimum absolute atomic E-state index is 0.132. The smallest absolute Gasteiger partial charge is 0.130 e. The van der Waals surface area contributed by atoms with Gasteiger partial charge in [-0.3, -0.25) is 0 Å². The van der Waals surface area contributed by atoms with Crippen LogP contribution in [-0.4, -0.2) is 6.54 Å². The van der Waals surface area contributed by atoms with E-state index >= 15 is 0 Å². The Balaban J connectivity index is 2.39. The zero-order chi connectivity index (χ0) is 8.39. The van der Waals surface area contributed by atoms with Crippen LogP contribution < -0.4 is 5.32 Å². The Kier molecular flexibility index (Phi) is 1.82. The summed E-state index contributed by atoms with van der Waals surface area (Å²) in [4.78, 5) is 0. The van der Waals surface area contributed by atoms with Gasteiger partial charge in [0.05, 0.1) is 0 Å². The third kappa shape index (κ3) is 1.20. The van der Waals surface area contributed by atoms with Gasteiger partial charge >= 0.3 is 0 Å². The maximum absolute atomic E-state index is 13.2. The number of hydrogen-bond donors (Lipinski definition) is 1. The van der Waals surface area contributed by atoms with Crippen molar-refractivity contribution < 1.29 is 4.39 Å². The molecule has 0 aliphatic carbocycles. The number of hydrogen-bond acceptors (Lipinski definition) is 1. The molecule has 1 aliphatic heterocycles. The SMILES string of the molecule is Fc1ccccc1C1=CNCC1. The molecular formula is C10H10FN. The summed E-state index contributed by atoms with van der Waals surface area (Å²) < 4.78 is 13.2. The molecule has 0 unspecified atom stereocenters. The Bertz CT molecular complexity index is 317. The van der Waals surface area contributed by atoms with Gasteiger partial charge in [-0.2, -0.15) is 0 Å². The van der Waals surface area contributed by atoms with E-state index in [0.717, 1.165) is 24.1 Å². The van der Waals surface area contributed by atoms with E-state index in [0.29, 0.717) is 0 Å². The first-order valence-electron chi connectivity index (χ1n) is 4.05. The molecule has 0 radical (unpaired) electrons. The fourth-order valence-electron chi connectivity index (χ4n) is 1.41. The second-order valence-corrected chi connectivity index (χ2v) is 2.85. The molecule has 1 N–H and O–H groups in total. The molecule has 1 heterocycles. The van der Waals surface area contributed by atoms with Crippen LogP contribution in [0.2, 0.25) is 0 Å². The largest absolute Gasteiger partial charge is 0.390 e. The number of rotatable bonds is 1. The summed E-state index contributed by atoms with van der Waals surface area (Å²) in [5.74, 6) is -0.132. The lowest BCUT2D eigenvalue weighted by Gasteiger charge is -2.01. The van der Waals surface area contributed by atoms with Gasteiger partial charge < -0.3 is 5.32 Å². The average Bonchev–Trinajstić information content (AvgIpc) is 2.57. The van der Waals surface area contributed by atoms with Crippen molar-refractivity contribution in [1.29, 1.82) is 0 Å². The van der Waals surface area contributed by atoms with Crippen LogP contribution in [0.1, 0.15) is 12.0 Å². The standard InChI is InChI=1S/C10H10FN/c11-10-4-2-1-3-9(10)8-5-6-12-7-8/h1-4,7,12H,5-6H2. The van der Waals surface area contributed by atoms with Crippen LogP contribution in [0.5, 0.6) is 0 Å². The van der Waals surface area contributed by atoms with Crippen molar-refractivity contribution >= 4 is 5.57 Å². The molecule has 1 nitrogen and oxygen atoms in total. The molecule has 1 aromatic rings. The first kappa shape index (κ1) is 7.35. The van der Waals surface area contributed by atoms with Crippen molar-refractivity contribution in [2.24, 2.45) is 0 Å². The molecular weight excluding hydrogens is 153 g/mol. The van der Waals surface area contributed by atoms with Crippen molar-refractivity contribution in [3.63, 3.8) is 0 Å². The maximum Gasteiger partial charge on any atom is 0.130 e. The Morgan fingerprint density at radius 3 is 2.75 bits per heavy atom. The molecule has 2 rings (SSSR count). The van der Waals surface area contributed by atoms with Gasteiger partial charge in [0.15, 0.2) is 0 Å². The lowest BCUT2D eigenvalue weighted by atomic mass is 10.1. The van der Waals surface area contributed by atoms with Gasteiger partial charge in [0.1, 0.15) is 5.82 Å². The lowest BCUT2D eigenvalue weighted by molar-refractivity contribution is 0.623. The van der Waals surface area contributed by atoms with Crippen molar-refractivity contribution in [2.45, 2.75) is 6.42 Å². The zero-order valence-electron chi connectivity index (χ0n) is 6.68. The van der Waals surface area contributed by atoms with Gasteiger partial charge in [-0.05, 0) is 18.1 Å². The van der Waals surface area contributed by atoms with Crippen molar-refractivity contribution in [1.82, 2.24) is 5.32 Å². The number of halogens is 1. The molecule has 12 heavy (non-hydrogen) atoms. The van der Waals surface area contributed by atoms with Crippen LogP contribution in [0.3, 0.4) is 0 Å². The molecule has 0 aromatic heterocycles. The van der Waals surface area contributed by atoms with E-state index < -0.39 is 0 Å². The highest BCUT2D eigenvalue weighted by Gasteiger charge is 2.09. The van der Waals surface area contributed by atoms with Crippen LogP contribution in [0.4, 0.5) is 4.39 Å². The third-order valence-electron chi connectivity index (χ3n) is 2.03. The zero-order valence-corrected chi connectivity index (χ0v) is 6.68. The summed E-state index contributed by atoms with van der Waals surface area (Å²) in [5, 5.41) is 3.07. The van der Waals surface area contributed by atoms with Gasteiger partial charge in [-0.25, -0.2) is 4.39 Å². The van der Waals surface area contributed by atoms with Gasteiger partial charge in [0.25, 0.3) is 0 Å². The van der Waals surface area contributed by atoms with Crippen LogP contribution in [0.15, 0.2) is 30.5 Å². The summed E-state index contributed by atoms with van der Waals surface area (Å²) in [7, 11) is 0. The maximum atomic E-state index is 13.2. The van der Waals surface area contributed by atoms with Crippen LogP contribution in [0, 0.1) is 5.82 Å². The summed E-state index contributed by atoms with van der Waals surface area (Å²) >= 11 is 0. The van der Waals surface area contributed by atoms with E-state index in [2.05, 4.69) is 5.32 Å². The van der Waals surface area contributed by atoms with Crippen LogP contribution in [-0.2, 0) is 0 Å². The van der Waals surface area contributed by atoms with E-state index in [1.165, 1.54) is 6.07 Å². The van der Waals surface area contributed by atoms with Gasteiger partial charge in [-0.15, -0.1) is 0 Å². The van der Waals surface area contributed by atoms with Crippen molar-refractivity contribution in [2.75, 3.05) is 6.54 Å². The normalized spacial score (nSPS) is 15.6. The molecule has 0 saturated heterocycles. The van der Waals surface area contributed by atoms with E-state index in [1.54, 1.807) is 6.07 Å². The molecule has 0 saturated carbocycles. The summed E-state index contributed by atoms with van der Waals surface area (Å²) in [6, 6.07) is 6.88. The van der Waals surface area contributed by atoms with Gasteiger partial charge in [0, 0.05) is 18.3 Å². The molecule has 0 fully saturated rings. The molecule has 1 aliphatic rings. The fourth-order valence-corrected chi connectivity index (χ4v) is 1.41. The number of benzene rings is 1. The first-order chi connectivity index (χ1) is 5.88. The minimum Gasteiger partial charge on any atom is -0.390 e. The fraction of sp³-hybridized carbons (Fsp3) is 0.200. The van der Waals surface area contributed by atoms with E-state index in [4.69, 9.17) is 0 Å². The van der Waals surface area contributed by atoms with E-state index in [9.17, 15) is 4.39 Å². The molecule has 0 atom stereocenters. The van der Waals surface area contributed by atoms with Crippen LogP contribution in [0.25, 0.3) is 5.57 Å². The number of nitrogens with one attached hydrogen (secondary N) is 1. The van der Waals surface area contributed by atoms with E-state index in [1.807, 2.05) is 18.3 Å². The third-order valence-corrected chi connectivity index (χ3v) is 2.03. The van der Waals surface area contributed by atoms with Crippen molar-refractivity contribution in [3.8, 4) is 0 Å². The quantitative estimate of drug-likeness (QED) is 0.669. The molecule has 2 heteroatoms. The molecule has 0 amide bonds. The minimum atomic E-state index is -0.132. The summed E-state index contributed by atoms with van der Waals surface area (Å²) in [6.07, 6.45) is 2.80. The first-order valence-corrected chi connectivity index (χ1v) is 4.05. The lowest BCUT2D eigenvalue weighted by Crippen LogP contribution is -1.96. The monoisotopic (exact) mass is 163 g/mol. The predicted molar refractivity (Wildman–Crippen MR) is 47.0 cm³/mol. The second kappa shape index (κ2) is 2.97. The highest BCUT2D eigenvalue weighted by molar-refractivity contribution is 5.67. The molecule has 0 bridgehead atoms. The average molecular weight is 163 g/mol. The molecule has 0 spiro atoms. The van der Waals surface area contributed by atoms with Crippen LogP contribution >= 0.6 is 0 Å². The van der Waals surface area contributed by atoms with Gasteiger partial charge in [-0.1, -0.05) is 18.2 Å². The Morgan fingerprint density at radius 2 is 2.08 bits per heavy atom. The topological polar surface area (TPSA) is 12.0 Å².